The monoisotopic (exact) mass is 152 g/mol. The third-order valence-electron chi connectivity index (χ3n) is 1.18. The lowest BCUT2D eigenvalue weighted by atomic mass is 10.3. The van der Waals surface area contributed by atoms with Crippen LogP contribution < -0.4 is 4.74 Å². The van der Waals surface area contributed by atoms with Crippen molar-refractivity contribution in [2.75, 3.05) is 7.11 Å². The number of hydrogen-bond acceptors (Lipinski definition) is 3. The van der Waals surface area contributed by atoms with E-state index in [9.17, 15) is 4.39 Å². The van der Waals surface area contributed by atoms with Crippen molar-refractivity contribution in [3.63, 3.8) is 0 Å². The first-order valence-electron chi connectivity index (χ1n) is 2.88. The van der Waals surface area contributed by atoms with Gasteiger partial charge in [-0.15, -0.1) is 0 Å². The van der Waals surface area contributed by atoms with Crippen LogP contribution >= 0.6 is 0 Å². The molecule has 1 aromatic heterocycles. The van der Waals surface area contributed by atoms with Crippen LogP contribution in [0.15, 0.2) is 12.3 Å². The van der Waals surface area contributed by atoms with Crippen LogP contribution in [-0.4, -0.2) is 12.1 Å². The van der Waals surface area contributed by atoms with E-state index in [0.717, 1.165) is 0 Å². The maximum absolute atomic E-state index is 12.9. The Bertz CT molecular complexity index is 306. The van der Waals surface area contributed by atoms with Crippen molar-refractivity contribution < 1.29 is 9.13 Å². The minimum absolute atomic E-state index is 0.0385. The first-order chi connectivity index (χ1) is 5.29. The topological polar surface area (TPSA) is 45.9 Å². The van der Waals surface area contributed by atoms with Gasteiger partial charge in [-0.1, -0.05) is 0 Å². The molecule has 0 bridgehead atoms. The highest BCUT2D eigenvalue weighted by Crippen LogP contribution is 2.16. The Morgan fingerprint density at radius 1 is 1.73 bits per heavy atom. The molecule has 1 heterocycles. The van der Waals surface area contributed by atoms with E-state index in [-0.39, 0.29) is 11.4 Å². The average Bonchev–Trinajstić information content (AvgIpc) is 2.05. The van der Waals surface area contributed by atoms with E-state index in [1.807, 2.05) is 0 Å². The van der Waals surface area contributed by atoms with Gasteiger partial charge in [0.2, 0.25) is 5.82 Å². The van der Waals surface area contributed by atoms with Gasteiger partial charge in [0, 0.05) is 12.3 Å². The highest BCUT2D eigenvalue weighted by molar-refractivity contribution is 5.32. The summed E-state index contributed by atoms with van der Waals surface area (Å²) in [7, 11) is 1.33. The van der Waals surface area contributed by atoms with Crippen molar-refractivity contribution in [2.45, 2.75) is 0 Å². The maximum atomic E-state index is 12.9. The molecular formula is C7H5FN2O. The molecular weight excluding hydrogens is 147 g/mol. The summed E-state index contributed by atoms with van der Waals surface area (Å²) < 4.78 is 17.5. The Labute approximate surface area is 63.1 Å². The van der Waals surface area contributed by atoms with Gasteiger partial charge in [-0.3, -0.25) is 0 Å². The molecule has 0 amide bonds. The summed E-state index contributed by atoms with van der Waals surface area (Å²) in [6.45, 7) is 0. The molecule has 0 aliphatic rings. The maximum Gasteiger partial charge on any atom is 0.201 e. The zero-order chi connectivity index (χ0) is 8.27. The zero-order valence-electron chi connectivity index (χ0n) is 5.84. The molecule has 0 N–H and O–H groups in total. The first-order valence-corrected chi connectivity index (χ1v) is 2.88. The Balaban J connectivity index is 3.23. The lowest BCUT2D eigenvalue weighted by molar-refractivity contribution is 0.384. The number of nitrogens with zero attached hydrogens (tertiary/aromatic N) is 2. The molecule has 0 saturated heterocycles. The summed E-state index contributed by atoms with van der Waals surface area (Å²) in [6.07, 6.45) is 1.32. The van der Waals surface area contributed by atoms with Crippen LogP contribution in [0, 0.1) is 17.1 Å². The van der Waals surface area contributed by atoms with Crippen molar-refractivity contribution in [3.8, 4) is 11.8 Å². The van der Waals surface area contributed by atoms with Gasteiger partial charge < -0.3 is 4.74 Å². The largest absolute Gasteiger partial charge is 0.494 e. The SMILES string of the molecule is COc1ccnc(C#N)c1F. The van der Waals surface area contributed by atoms with Crippen LogP contribution in [0.5, 0.6) is 5.75 Å². The Hall–Kier alpha value is -1.63. The van der Waals surface area contributed by atoms with E-state index in [0.29, 0.717) is 0 Å². The number of nitriles is 1. The smallest absolute Gasteiger partial charge is 0.201 e. The molecule has 0 aromatic carbocycles. The fraction of sp³-hybridized carbons (Fsp3) is 0.143. The molecule has 3 nitrogen and oxygen atoms in total. The molecule has 0 aliphatic carbocycles. The summed E-state index contributed by atoms with van der Waals surface area (Å²) in [5.41, 5.74) is -0.246. The minimum atomic E-state index is -0.711. The number of aromatic nitrogens is 1. The van der Waals surface area contributed by atoms with Gasteiger partial charge in [-0.05, 0) is 0 Å². The summed E-state index contributed by atoms with van der Waals surface area (Å²) in [5.74, 6) is -0.672. The fourth-order valence-electron chi connectivity index (χ4n) is 0.662. The average molecular weight is 152 g/mol. The second kappa shape index (κ2) is 2.97. The lowest BCUT2D eigenvalue weighted by Crippen LogP contribution is -1.93. The normalized spacial score (nSPS) is 8.82. The van der Waals surface area contributed by atoms with Gasteiger partial charge in [0.25, 0.3) is 0 Å². The van der Waals surface area contributed by atoms with Crippen LogP contribution in [0.25, 0.3) is 0 Å². The second-order valence-corrected chi connectivity index (χ2v) is 1.79. The molecule has 56 valence electrons. The van der Waals surface area contributed by atoms with Gasteiger partial charge in [-0.25, -0.2) is 4.98 Å². The molecule has 0 aliphatic heterocycles. The standard InChI is InChI=1S/C7H5FN2O/c1-11-6-2-3-10-5(4-9)7(6)8/h2-3H,1H3. The van der Waals surface area contributed by atoms with Gasteiger partial charge in [-0.2, -0.15) is 9.65 Å². The van der Waals surface area contributed by atoms with E-state index in [1.165, 1.54) is 19.4 Å². The van der Waals surface area contributed by atoms with Gasteiger partial charge >= 0.3 is 0 Å². The molecule has 4 heteroatoms. The van der Waals surface area contributed by atoms with Crippen molar-refractivity contribution in [3.05, 3.63) is 23.8 Å². The van der Waals surface area contributed by atoms with Crippen LogP contribution in [-0.2, 0) is 0 Å². The molecule has 0 fully saturated rings. The lowest BCUT2D eigenvalue weighted by Gasteiger charge is -1.99. The van der Waals surface area contributed by atoms with Crippen molar-refractivity contribution in [2.24, 2.45) is 0 Å². The van der Waals surface area contributed by atoms with Crippen molar-refractivity contribution in [1.82, 2.24) is 4.98 Å². The summed E-state index contributed by atoms with van der Waals surface area (Å²) in [4.78, 5) is 3.49. The van der Waals surface area contributed by atoms with E-state index < -0.39 is 5.82 Å². The van der Waals surface area contributed by atoms with E-state index in [4.69, 9.17) is 5.26 Å². The molecule has 0 unspecified atom stereocenters. The first kappa shape index (κ1) is 7.48. The van der Waals surface area contributed by atoms with Crippen LogP contribution in [0.3, 0.4) is 0 Å². The number of rotatable bonds is 1. The highest BCUT2D eigenvalue weighted by atomic mass is 19.1. The number of methoxy groups -OCH3 is 1. The van der Waals surface area contributed by atoms with Crippen LogP contribution in [0.2, 0.25) is 0 Å². The molecule has 0 atom stereocenters. The van der Waals surface area contributed by atoms with Crippen LogP contribution in [0.1, 0.15) is 5.69 Å². The number of halogens is 1. The fourth-order valence-corrected chi connectivity index (χ4v) is 0.662. The molecule has 11 heavy (non-hydrogen) atoms. The molecule has 0 spiro atoms. The van der Waals surface area contributed by atoms with Crippen molar-refractivity contribution in [1.29, 1.82) is 5.26 Å². The van der Waals surface area contributed by atoms with Gasteiger partial charge in [0.1, 0.15) is 6.07 Å². The number of pyridine rings is 1. The Morgan fingerprint density at radius 2 is 2.45 bits per heavy atom. The highest BCUT2D eigenvalue weighted by Gasteiger charge is 2.07. The molecule has 0 saturated carbocycles. The number of hydrogen-bond donors (Lipinski definition) is 0. The second-order valence-electron chi connectivity index (χ2n) is 1.79. The van der Waals surface area contributed by atoms with E-state index in [1.54, 1.807) is 6.07 Å². The predicted molar refractivity (Wildman–Crippen MR) is 35.5 cm³/mol. The Morgan fingerprint density at radius 3 is 3.00 bits per heavy atom. The molecule has 1 aromatic rings. The minimum Gasteiger partial charge on any atom is -0.494 e. The van der Waals surface area contributed by atoms with Crippen LogP contribution in [0.4, 0.5) is 4.39 Å². The van der Waals surface area contributed by atoms with Gasteiger partial charge in [0.15, 0.2) is 11.4 Å². The van der Waals surface area contributed by atoms with Gasteiger partial charge in [0.05, 0.1) is 7.11 Å². The van der Waals surface area contributed by atoms with E-state index in [2.05, 4.69) is 9.72 Å². The Kier molecular flexibility index (Phi) is 2.02. The summed E-state index contributed by atoms with van der Waals surface area (Å²) in [6, 6.07) is 2.96. The quantitative estimate of drug-likeness (QED) is 0.605. The zero-order valence-corrected chi connectivity index (χ0v) is 5.84. The number of ether oxygens (including phenoxy) is 1. The third kappa shape index (κ3) is 1.27. The molecule has 0 radical (unpaired) electrons. The molecule has 1 rings (SSSR count). The van der Waals surface area contributed by atoms with E-state index >= 15 is 0 Å². The van der Waals surface area contributed by atoms with Crippen molar-refractivity contribution >= 4 is 0 Å². The third-order valence-corrected chi connectivity index (χ3v) is 1.18. The summed E-state index contributed by atoms with van der Waals surface area (Å²) in [5, 5.41) is 8.33. The predicted octanol–water partition coefficient (Wildman–Crippen LogP) is 1.10. The summed E-state index contributed by atoms with van der Waals surface area (Å²) >= 11 is 0.